The Bertz CT molecular complexity index is 437. The van der Waals surface area contributed by atoms with Crippen LogP contribution in [0.2, 0.25) is 0 Å². The Morgan fingerprint density at radius 1 is 1.11 bits per heavy atom. The van der Waals surface area contributed by atoms with Crippen LogP contribution in [0.3, 0.4) is 0 Å². The first kappa shape index (κ1) is 12.3. The summed E-state index contributed by atoms with van der Waals surface area (Å²) in [4.78, 5) is 3.91. The summed E-state index contributed by atoms with van der Waals surface area (Å²) in [6.07, 6.45) is 9.41. The summed E-state index contributed by atoms with van der Waals surface area (Å²) in [6.45, 7) is 1.25. The van der Waals surface area contributed by atoms with Gasteiger partial charge in [-0.2, -0.15) is 0 Å². The highest BCUT2D eigenvalue weighted by Crippen LogP contribution is 2.45. The quantitative estimate of drug-likeness (QED) is 0.584. The Labute approximate surface area is 114 Å². The average Bonchev–Trinajstić information content (AvgIpc) is 2.75. The number of benzene rings is 1. The molecule has 1 saturated heterocycles. The van der Waals surface area contributed by atoms with Gasteiger partial charge in [-0.1, -0.05) is 24.3 Å². The standard InChI is InChI=1S/C16H21NS/c1-17-11-13-5-3-4-6-15(13)16(17)12-7-9-14(18-2)10-8-12/h3-4,7-10,13,15-16H,5-6,11H2,1-2H3. The molecule has 3 atom stereocenters. The van der Waals surface area contributed by atoms with Crippen molar-refractivity contribution in [1.82, 2.24) is 4.90 Å². The third-order valence-electron chi connectivity index (χ3n) is 4.48. The van der Waals surface area contributed by atoms with Crippen LogP contribution < -0.4 is 0 Å². The zero-order chi connectivity index (χ0) is 12.5. The van der Waals surface area contributed by atoms with Crippen molar-refractivity contribution in [3.8, 4) is 0 Å². The van der Waals surface area contributed by atoms with Gasteiger partial charge >= 0.3 is 0 Å². The predicted molar refractivity (Wildman–Crippen MR) is 78.9 cm³/mol. The van der Waals surface area contributed by atoms with Gasteiger partial charge in [0.2, 0.25) is 0 Å². The van der Waals surface area contributed by atoms with Crippen molar-refractivity contribution in [2.75, 3.05) is 19.8 Å². The van der Waals surface area contributed by atoms with Crippen LogP contribution in [0.4, 0.5) is 0 Å². The highest BCUT2D eigenvalue weighted by molar-refractivity contribution is 7.98. The Balaban J connectivity index is 1.87. The van der Waals surface area contributed by atoms with Gasteiger partial charge in [0.1, 0.15) is 0 Å². The van der Waals surface area contributed by atoms with Crippen LogP contribution in [0.15, 0.2) is 41.3 Å². The van der Waals surface area contributed by atoms with Gasteiger partial charge in [0.15, 0.2) is 0 Å². The molecular formula is C16H21NS. The molecule has 1 heterocycles. The third kappa shape index (κ3) is 2.12. The Hall–Kier alpha value is -0.730. The van der Waals surface area contributed by atoms with Gasteiger partial charge in [-0.05, 0) is 55.7 Å². The second-order valence-electron chi connectivity index (χ2n) is 5.52. The molecule has 1 fully saturated rings. The lowest BCUT2D eigenvalue weighted by Crippen LogP contribution is -2.21. The maximum Gasteiger partial charge on any atom is 0.0379 e. The van der Waals surface area contributed by atoms with Crippen molar-refractivity contribution in [1.29, 1.82) is 0 Å². The van der Waals surface area contributed by atoms with E-state index in [0.29, 0.717) is 6.04 Å². The van der Waals surface area contributed by atoms with Crippen LogP contribution in [0.1, 0.15) is 24.4 Å². The molecule has 18 heavy (non-hydrogen) atoms. The Morgan fingerprint density at radius 2 is 1.83 bits per heavy atom. The molecule has 2 heteroatoms. The number of likely N-dealkylation sites (tertiary alicyclic amines) is 1. The van der Waals surface area contributed by atoms with Crippen LogP contribution in [-0.2, 0) is 0 Å². The van der Waals surface area contributed by atoms with E-state index >= 15 is 0 Å². The van der Waals surface area contributed by atoms with Gasteiger partial charge in [-0.3, -0.25) is 4.90 Å². The molecule has 3 rings (SSSR count). The smallest absolute Gasteiger partial charge is 0.0379 e. The van der Waals surface area contributed by atoms with E-state index in [-0.39, 0.29) is 0 Å². The van der Waals surface area contributed by atoms with E-state index in [0.717, 1.165) is 11.8 Å². The van der Waals surface area contributed by atoms with Gasteiger partial charge in [-0.15, -0.1) is 11.8 Å². The van der Waals surface area contributed by atoms with E-state index in [2.05, 4.69) is 54.6 Å². The fourth-order valence-corrected chi connectivity index (χ4v) is 4.01. The van der Waals surface area contributed by atoms with Crippen molar-refractivity contribution in [3.05, 3.63) is 42.0 Å². The zero-order valence-corrected chi connectivity index (χ0v) is 12.0. The second-order valence-corrected chi connectivity index (χ2v) is 6.40. The maximum atomic E-state index is 2.55. The van der Waals surface area contributed by atoms with Gasteiger partial charge < -0.3 is 0 Å². The first-order valence-corrected chi connectivity index (χ1v) is 8.01. The minimum atomic E-state index is 0.621. The minimum Gasteiger partial charge on any atom is -0.299 e. The molecule has 1 aliphatic carbocycles. The van der Waals surface area contributed by atoms with Crippen LogP contribution in [0, 0.1) is 11.8 Å². The molecule has 0 amide bonds. The number of allylic oxidation sites excluding steroid dienone is 2. The van der Waals surface area contributed by atoms with Crippen LogP contribution in [-0.4, -0.2) is 24.7 Å². The first-order valence-electron chi connectivity index (χ1n) is 6.79. The summed E-state index contributed by atoms with van der Waals surface area (Å²) in [5.74, 6) is 1.69. The summed E-state index contributed by atoms with van der Waals surface area (Å²) in [6, 6.07) is 9.80. The van der Waals surface area contributed by atoms with Crippen LogP contribution in [0.25, 0.3) is 0 Å². The van der Waals surface area contributed by atoms with Crippen molar-refractivity contribution >= 4 is 11.8 Å². The fourth-order valence-electron chi connectivity index (χ4n) is 3.60. The molecule has 1 aromatic carbocycles. The summed E-state index contributed by atoms with van der Waals surface area (Å²) in [5.41, 5.74) is 1.50. The lowest BCUT2D eigenvalue weighted by Gasteiger charge is -2.27. The van der Waals surface area contributed by atoms with E-state index in [1.165, 1.54) is 29.8 Å². The Morgan fingerprint density at radius 3 is 2.56 bits per heavy atom. The number of hydrogen-bond donors (Lipinski definition) is 0. The van der Waals surface area contributed by atoms with Crippen molar-refractivity contribution in [2.45, 2.75) is 23.8 Å². The number of thioether (sulfide) groups is 1. The van der Waals surface area contributed by atoms with E-state index < -0.39 is 0 Å². The fraction of sp³-hybridized carbons (Fsp3) is 0.500. The highest BCUT2D eigenvalue weighted by atomic mass is 32.2. The molecule has 0 saturated carbocycles. The van der Waals surface area contributed by atoms with Crippen molar-refractivity contribution < 1.29 is 0 Å². The monoisotopic (exact) mass is 259 g/mol. The lowest BCUT2D eigenvalue weighted by atomic mass is 9.80. The summed E-state index contributed by atoms with van der Waals surface area (Å²) < 4.78 is 0. The van der Waals surface area contributed by atoms with Crippen molar-refractivity contribution in [2.24, 2.45) is 11.8 Å². The topological polar surface area (TPSA) is 3.24 Å². The molecule has 1 aromatic rings. The molecule has 0 bridgehead atoms. The molecule has 3 unspecified atom stereocenters. The highest BCUT2D eigenvalue weighted by Gasteiger charge is 2.40. The van der Waals surface area contributed by atoms with E-state index in [9.17, 15) is 0 Å². The summed E-state index contributed by atoms with van der Waals surface area (Å²) in [5, 5.41) is 0. The molecule has 0 spiro atoms. The third-order valence-corrected chi connectivity index (χ3v) is 5.22. The molecule has 0 aromatic heterocycles. The molecule has 1 nitrogen and oxygen atoms in total. The minimum absolute atomic E-state index is 0.621. The predicted octanol–water partition coefficient (Wildman–Crippen LogP) is 3.98. The van der Waals surface area contributed by atoms with Gasteiger partial charge in [-0.25, -0.2) is 0 Å². The van der Waals surface area contributed by atoms with Crippen LogP contribution >= 0.6 is 11.8 Å². The number of rotatable bonds is 2. The lowest BCUT2D eigenvalue weighted by molar-refractivity contribution is 0.273. The first-order chi connectivity index (χ1) is 8.79. The van der Waals surface area contributed by atoms with Crippen molar-refractivity contribution in [3.63, 3.8) is 0 Å². The number of nitrogens with zero attached hydrogens (tertiary/aromatic N) is 1. The molecule has 96 valence electrons. The average molecular weight is 259 g/mol. The van der Waals surface area contributed by atoms with Crippen LogP contribution in [0.5, 0.6) is 0 Å². The van der Waals surface area contributed by atoms with E-state index in [1.807, 2.05) is 11.8 Å². The Kier molecular flexibility index (Phi) is 3.49. The molecule has 2 aliphatic rings. The SMILES string of the molecule is CSc1ccc(C2C3CC=CCC3CN2C)cc1. The van der Waals surface area contributed by atoms with Gasteiger partial charge in [0, 0.05) is 17.5 Å². The molecular weight excluding hydrogens is 238 g/mol. The van der Waals surface area contributed by atoms with Gasteiger partial charge in [0.25, 0.3) is 0 Å². The number of fused-ring (bicyclic) bond motifs is 1. The maximum absolute atomic E-state index is 2.55. The second kappa shape index (κ2) is 5.10. The molecule has 0 radical (unpaired) electrons. The molecule has 1 aliphatic heterocycles. The zero-order valence-electron chi connectivity index (χ0n) is 11.2. The molecule has 0 N–H and O–H groups in total. The summed E-state index contributed by atoms with van der Waals surface area (Å²) >= 11 is 1.82. The van der Waals surface area contributed by atoms with E-state index in [4.69, 9.17) is 0 Å². The summed E-state index contributed by atoms with van der Waals surface area (Å²) in [7, 11) is 2.28. The number of hydrogen-bond acceptors (Lipinski definition) is 2. The van der Waals surface area contributed by atoms with Gasteiger partial charge in [0.05, 0.1) is 0 Å². The van der Waals surface area contributed by atoms with E-state index in [1.54, 1.807) is 0 Å². The largest absolute Gasteiger partial charge is 0.299 e. The normalized spacial score (nSPS) is 31.6.